The van der Waals surface area contributed by atoms with Crippen molar-refractivity contribution in [1.29, 1.82) is 0 Å². The van der Waals surface area contributed by atoms with Crippen LogP contribution in [0.2, 0.25) is 0 Å². The Kier molecular flexibility index (Phi) is 5.12. The highest BCUT2D eigenvalue weighted by Crippen LogP contribution is 2.30. The van der Waals surface area contributed by atoms with E-state index >= 15 is 0 Å². The minimum atomic E-state index is 0.158. The van der Waals surface area contributed by atoms with E-state index in [9.17, 15) is 4.79 Å². The molecule has 0 saturated heterocycles. The van der Waals surface area contributed by atoms with Gasteiger partial charge in [0, 0.05) is 28.1 Å². The highest BCUT2D eigenvalue weighted by molar-refractivity contribution is 7.13. The highest BCUT2D eigenvalue weighted by atomic mass is 32.1. The van der Waals surface area contributed by atoms with Crippen molar-refractivity contribution in [3.05, 3.63) is 60.0 Å². The van der Waals surface area contributed by atoms with Crippen LogP contribution in [0.15, 0.2) is 60.0 Å². The topological polar surface area (TPSA) is 42.0 Å². The van der Waals surface area contributed by atoms with Crippen molar-refractivity contribution in [1.82, 2.24) is 4.98 Å². The normalized spacial score (nSPS) is 14.9. The Morgan fingerprint density at radius 3 is 2.54 bits per heavy atom. The van der Waals surface area contributed by atoms with Crippen molar-refractivity contribution >= 4 is 22.9 Å². The van der Waals surface area contributed by atoms with E-state index in [1.165, 1.54) is 19.3 Å². The number of aromatic nitrogens is 1. The molecule has 2 aromatic carbocycles. The first-order valence-corrected chi connectivity index (χ1v) is 10.1. The Morgan fingerprint density at radius 2 is 1.73 bits per heavy atom. The van der Waals surface area contributed by atoms with E-state index in [1.54, 1.807) is 11.3 Å². The summed E-state index contributed by atoms with van der Waals surface area (Å²) in [4.78, 5) is 17.2. The van der Waals surface area contributed by atoms with Crippen LogP contribution < -0.4 is 5.32 Å². The summed E-state index contributed by atoms with van der Waals surface area (Å²) in [6, 6.07) is 18.2. The Labute approximate surface area is 158 Å². The first-order chi connectivity index (χ1) is 12.8. The summed E-state index contributed by atoms with van der Waals surface area (Å²) in [5.41, 5.74) is 3.96. The molecule has 1 aliphatic rings. The molecule has 0 bridgehead atoms. The lowest BCUT2D eigenvalue weighted by atomic mass is 9.88. The SMILES string of the molecule is O=C(Nc1cccc(-c2csc(-c3ccccc3)n2)c1)C1CCCCC1. The number of amides is 1. The van der Waals surface area contributed by atoms with Gasteiger partial charge in [-0.05, 0) is 25.0 Å². The van der Waals surface area contributed by atoms with E-state index in [1.807, 2.05) is 42.5 Å². The zero-order chi connectivity index (χ0) is 17.8. The molecule has 1 saturated carbocycles. The lowest BCUT2D eigenvalue weighted by molar-refractivity contribution is -0.120. The van der Waals surface area contributed by atoms with Gasteiger partial charge in [-0.1, -0.05) is 61.7 Å². The molecule has 0 radical (unpaired) electrons. The van der Waals surface area contributed by atoms with E-state index < -0.39 is 0 Å². The molecule has 0 spiro atoms. The number of carbonyl (C=O) groups is 1. The van der Waals surface area contributed by atoms with Crippen molar-refractivity contribution in [2.24, 2.45) is 5.92 Å². The van der Waals surface area contributed by atoms with Crippen LogP contribution in [0, 0.1) is 5.92 Å². The van der Waals surface area contributed by atoms with Gasteiger partial charge in [-0.3, -0.25) is 4.79 Å². The molecule has 132 valence electrons. The average Bonchev–Trinajstić information content (AvgIpc) is 3.20. The first kappa shape index (κ1) is 17.0. The highest BCUT2D eigenvalue weighted by Gasteiger charge is 2.21. The Balaban J connectivity index is 1.51. The number of hydrogen-bond donors (Lipinski definition) is 1. The number of nitrogens with zero attached hydrogens (tertiary/aromatic N) is 1. The third kappa shape index (κ3) is 3.86. The summed E-state index contributed by atoms with van der Waals surface area (Å²) >= 11 is 1.64. The second kappa shape index (κ2) is 7.83. The smallest absolute Gasteiger partial charge is 0.227 e. The molecule has 26 heavy (non-hydrogen) atoms. The fourth-order valence-corrected chi connectivity index (χ4v) is 4.32. The van der Waals surface area contributed by atoms with Gasteiger partial charge in [0.15, 0.2) is 0 Å². The Hall–Kier alpha value is -2.46. The van der Waals surface area contributed by atoms with Gasteiger partial charge in [-0.15, -0.1) is 11.3 Å². The maximum atomic E-state index is 12.5. The van der Waals surface area contributed by atoms with Gasteiger partial charge in [0.1, 0.15) is 5.01 Å². The molecule has 1 aliphatic carbocycles. The molecule has 0 unspecified atom stereocenters. The van der Waals surface area contributed by atoms with Crippen molar-refractivity contribution < 1.29 is 4.79 Å². The number of hydrogen-bond acceptors (Lipinski definition) is 3. The Bertz CT molecular complexity index is 882. The van der Waals surface area contributed by atoms with Crippen LogP contribution >= 0.6 is 11.3 Å². The molecule has 0 aliphatic heterocycles. The molecule has 1 heterocycles. The molecule has 1 fully saturated rings. The fraction of sp³-hybridized carbons (Fsp3) is 0.273. The van der Waals surface area contributed by atoms with Crippen LogP contribution in [0.5, 0.6) is 0 Å². The standard InChI is InChI=1S/C22H22N2OS/c25-21(16-8-3-1-4-9-16)23-19-13-7-12-18(14-19)20-15-26-22(24-20)17-10-5-2-6-11-17/h2,5-7,10-16H,1,3-4,8-9H2,(H,23,25). The van der Waals surface area contributed by atoms with Crippen molar-refractivity contribution in [3.8, 4) is 21.8 Å². The van der Waals surface area contributed by atoms with Gasteiger partial charge in [0.2, 0.25) is 5.91 Å². The van der Waals surface area contributed by atoms with Gasteiger partial charge in [0.05, 0.1) is 5.69 Å². The first-order valence-electron chi connectivity index (χ1n) is 9.22. The monoisotopic (exact) mass is 362 g/mol. The summed E-state index contributed by atoms with van der Waals surface area (Å²) in [7, 11) is 0. The lowest BCUT2D eigenvalue weighted by Crippen LogP contribution is -2.24. The lowest BCUT2D eigenvalue weighted by Gasteiger charge is -2.20. The van der Waals surface area contributed by atoms with Gasteiger partial charge >= 0.3 is 0 Å². The molecule has 4 rings (SSSR count). The molecule has 1 aromatic heterocycles. The van der Waals surface area contributed by atoms with Gasteiger partial charge in [0.25, 0.3) is 0 Å². The zero-order valence-corrected chi connectivity index (χ0v) is 15.5. The van der Waals surface area contributed by atoms with Crippen LogP contribution in [0.3, 0.4) is 0 Å². The maximum Gasteiger partial charge on any atom is 0.227 e. The van der Waals surface area contributed by atoms with E-state index in [0.717, 1.165) is 40.4 Å². The van der Waals surface area contributed by atoms with Gasteiger partial charge < -0.3 is 5.32 Å². The summed E-state index contributed by atoms with van der Waals surface area (Å²) in [5.74, 6) is 0.321. The number of thiazole rings is 1. The minimum absolute atomic E-state index is 0.158. The molecule has 1 amide bonds. The van der Waals surface area contributed by atoms with Gasteiger partial charge in [-0.25, -0.2) is 4.98 Å². The fourth-order valence-electron chi connectivity index (χ4n) is 3.49. The molecule has 3 nitrogen and oxygen atoms in total. The molecule has 0 atom stereocenters. The quantitative estimate of drug-likeness (QED) is 0.619. The number of carbonyl (C=O) groups excluding carboxylic acids is 1. The summed E-state index contributed by atoms with van der Waals surface area (Å²) < 4.78 is 0. The molecular weight excluding hydrogens is 340 g/mol. The van der Waals surface area contributed by atoms with E-state index in [4.69, 9.17) is 4.98 Å². The van der Waals surface area contributed by atoms with Crippen molar-refractivity contribution in [2.75, 3.05) is 5.32 Å². The number of rotatable bonds is 4. The average molecular weight is 362 g/mol. The van der Waals surface area contributed by atoms with Crippen molar-refractivity contribution in [2.45, 2.75) is 32.1 Å². The second-order valence-electron chi connectivity index (χ2n) is 6.81. The second-order valence-corrected chi connectivity index (χ2v) is 7.67. The minimum Gasteiger partial charge on any atom is -0.326 e. The summed E-state index contributed by atoms with van der Waals surface area (Å²) in [5, 5.41) is 6.18. The van der Waals surface area contributed by atoms with Crippen molar-refractivity contribution in [3.63, 3.8) is 0 Å². The number of benzene rings is 2. The van der Waals surface area contributed by atoms with Gasteiger partial charge in [-0.2, -0.15) is 0 Å². The number of nitrogens with one attached hydrogen (secondary N) is 1. The third-order valence-electron chi connectivity index (χ3n) is 4.93. The predicted molar refractivity (Wildman–Crippen MR) is 108 cm³/mol. The van der Waals surface area contributed by atoms with E-state index in [2.05, 4.69) is 22.8 Å². The molecular formula is C22H22N2OS. The molecule has 4 heteroatoms. The molecule has 3 aromatic rings. The zero-order valence-electron chi connectivity index (χ0n) is 14.7. The summed E-state index contributed by atoms with van der Waals surface area (Å²) in [6.07, 6.45) is 5.61. The van der Waals surface area contributed by atoms with E-state index in [0.29, 0.717) is 0 Å². The largest absolute Gasteiger partial charge is 0.326 e. The van der Waals surface area contributed by atoms with E-state index in [-0.39, 0.29) is 11.8 Å². The van der Waals surface area contributed by atoms with Crippen LogP contribution in [0.25, 0.3) is 21.8 Å². The van der Waals surface area contributed by atoms with Crippen LogP contribution in [0.1, 0.15) is 32.1 Å². The Morgan fingerprint density at radius 1 is 0.962 bits per heavy atom. The van der Waals surface area contributed by atoms with Crippen LogP contribution in [-0.4, -0.2) is 10.9 Å². The summed E-state index contributed by atoms with van der Waals surface area (Å²) in [6.45, 7) is 0. The third-order valence-corrected chi connectivity index (χ3v) is 5.82. The predicted octanol–water partition coefficient (Wildman–Crippen LogP) is 6.00. The van der Waals surface area contributed by atoms with Crippen LogP contribution in [-0.2, 0) is 4.79 Å². The maximum absolute atomic E-state index is 12.5. The number of anilines is 1. The van der Waals surface area contributed by atoms with Crippen LogP contribution in [0.4, 0.5) is 5.69 Å². The molecule has 1 N–H and O–H groups in total.